The maximum absolute atomic E-state index is 13.0. The van der Waals surface area contributed by atoms with E-state index in [0.717, 1.165) is 14.7 Å². The van der Waals surface area contributed by atoms with Gasteiger partial charge in [-0.25, -0.2) is 5.01 Å². The van der Waals surface area contributed by atoms with Gasteiger partial charge in [0.05, 0.1) is 5.54 Å². The number of carbonyl (C=O) groups is 2. The molecule has 1 N–H and O–H groups in total. The molecule has 132 valence electrons. The van der Waals surface area contributed by atoms with E-state index in [1.54, 1.807) is 12.1 Å². The molecule has 0 unspecified atom stereocenters. The molecular weight excluding hydrogens is 427 g/mol. The van der Waals surface area contributed by atoms with Gasteiger partial charge in [0.2, 0.25) is 0 Å². The molecule has 0 heterocycles. The molecule has 0 aliphatic carbocycles. The minimum Gasteiger partial charge on any atom is -0.267 e. The molecule has 0 saturated heterocycles. The zero-order valence-electron chi connectivity index (χ0n) is 15.2. The van der Waals surface area contributed by atoms with Crippen molar-refractivity contribution >= 4 is 34.4 Å². The Morgan fingerprint density at radius 3 is 1.92 bits per heavy atom. The topological polar surface area (TPSA) is 49.4 Å². The van der Waals surface area contributed by atoms with Gasteiger partial charge in [0.15, 0.2) is 0 Å². The molecule has 0 aliphatic rings. The van der Waals surface area contributed by atoms with E-state index >= 15 is 0 Å². The van der Waals surface area contributed by atoms with E-state index in [4.69, 9.17) is 0 Å². The highest BCUT2D eigenvalue weighted by molar-refractivity contribution is 14.1. The van der Waals surface area contributed by atoms with Crippen LogP contribution in [-0.4, -0.2) is 22.4 Å². The number of amides is 2. The third kappa shape index (κ3) is 5.04. The van der Waals surface area contributed by atoms with Gasteiger partial charge in [0.1, 0.15) is 0 Å². The number of rotatable bonds is 2. The summed E-state index contributed by atoms with van der Waals surface area (Å²) in [7, 11) is 0. The molecule has 0 aromatic heterocycles. The second kappa shape index (κ2) is 7.56. The van der Waals surface area contributed by atoms with Crippen molar-refractivity contribution in [3.8, 4) is 0 Å². The van der Waals surface area contributed by atoms with E-state index in [2.05, 4.69) is 28.0 Å². The number of hydrogen-bond acceptors (Lipinski definition) is 2. The predicted molar refractivity (Wildman–Crippen MR) is 108 cm³/mol. The molecule has 2 aromatic carbocycles. The Bertz CT molecular complexity index is 772. The fraction of sp³-hybridized carbons (Fsp3) is 0.300. The van der Waals surface area contributed by atoms with Crippen LogP contribution in [0.1, 0.15) is 52.6 Å². The number of hydrogen-bond donors (Lipinski definition) is 1. The van der Waals surface area contributed by atoms with Gasteiger partial charge < -0.3 is 0 Å². The second-order valence-electron chi connectivity index (χ2n) is 7.14. The summed E-state index contributed by atoms with van der Waals surface area (Å²) in [4.78, 5) is 25.6. The molecule has 0 radical (unpaired) electrons. The molecule has 0 spiro atoms. The molecule has 0 bridgehead atoms. The van der Waals surface area contributed by atoms with Crippen molar-refractivity contribution in [2.24, 2.45) is 0 Å². The van der Waals surface area contributed by atoms with Crippen LogP contribution in [0, 0.1) is 17.4 Å². The lowest BCUT2D eigenvalue weighted by Gasteiger charge is -2.35. The summed E-state index contributed by atoms with van der Waals surface area (Å²) in [5.74, 6) is -0.526. The van der Waals surface area contributed by atoms with Crippen molar-refractivity contribution in [3.63, 3.8) is 0 Å². The van der Waals surface area contributed by atoms with Crippen molar-refractivity contribution in [2.45, 2.75) is 40.2 Å². The van der Waals surface area contributed by atoms with Crippen LogP contribution in [-0.2, 0) is 0 Å². The summed E-state index contributed by atoms with van der Waals surface area (Å²) in [5, 5.41) is 1.40. The SMILES string of the molecule is Cc1cc(C)cc(C(=O)N(NC(=O)c2ccc(I)cc2)C(C)(C)C)c1. The summed E-state index contributed by atoms with van der Waals surface area (Å²) in [6.07, 6.45) is 0. The van der Waals surface area contributed by atoms with Crippen LogP contribution in [0.15, 0.2) is 42.5 Å². The van der Waals surface area contributed by atoms with E-state index in [-0.39, 0.29) is 11.8 Å². The fourth-order valence-electron chi connectivity index (χ4n) is 2.52. The number of hydrazine groups is 1. The monoisotopic (exact) mass is 450 g/mol. The Morgan fingerprint density at radius 1 is 0.920 bits per heavy atom. The van der Waals surface area contributed by atoms with Gasteiger partial charge in [-0.2, -0.15) is 0 Å². The highest BCUT2D eigenvalue weighted by Crippen LogP contribution is 2.18. The first-order valence-electron chi connectivity index (χ1n) is 8.07. The van der Waals surface area contributed by atoms with Gasteiger partial charge in [0.25, 0.3) is 11.8 Å². The summed E-state index contributed by atoms with van der Waals surface area (Å²) < 4.78 is 1.05. The molecule has 0 atom stereocenters. The molecule has 2 rings (SSSR count). The van der Waals surface area contributed by atoms with Gasteiger partial charge in [-0.1, -0.05) is 17.2 Å². The van der Waals surface area contributed by atoms with Crippen LogP contribution in [0.4, 0.5) is 0 Å². The Morgan fingerprint density at radius 2 is 1.44 bits per heavy atom. The van der Waals surface area contributed by atoms with Crippen molar-refractivity contribution in [3.05, 3.63) is 68.3 Å². The van der Waals surface area contributed by atoms with E-state index in [1.165, 1.54) is 5.01 Å². The number of nitrogens with zero attached hydrogens (tertiary/aromatic N) is 1. The van der Waals surface area contributed by atoms with Crippen molar-refractivity contribution in [1.82, 2.24) is 10.4 Å². The normalized spacial score (nSPS) is 11.1. The third-order valence-electron chi connectivity index (χ3n) is 3.66. The first-order chi connectivity index (χ1) is 11.6. The minimum atomic E-state index is -0.562. The summed E-state index contributed by atoms with van der Waals surface area (Å²) >= 11 is 2.19. The Labute approximate surface area is 162 Å². The van der Waals surface area contributed by atoms with Gasteiger partial charge in [0, 0.05) is 14.7 Å². The molecule has 2 aromatic rings. The molecule has 0 fully saturated rings. The van der Waals surface area contributed by atoms with Gasteiger partial charge in [-0.3, -0.25) is 15.0 Å². The first-order valence-corrected chi connectivity index (χ1v) is 9.15. The van der Waals surface area contributed by atoms with E-state index in [1.807, 2.05) is 65.0 Å². The predicted octanol–water partition coefficient (Wildman–Crippen LogP) is 4.49. The van der Waals surface area contributed by atoms with Crippen LogP contribution >= 0.6 is 22.6 Å². The zero-order chi connectivity index (χ0) is 18.8. The smallest absolute Gasteiger partial charge is 0.267 e. The number of carbonyl (C=O) groups excluding carboxylic acids is 2. The van der Waals surface area contributed by atoms with E-state index in [0.29, 0.717) is 11.1 Å². The highest BCUT2D eigenvalue weighted by atomic mass is 127. The van der Waals surface area contributed by atoms with Gasteiger partial charge in [-0.15, -0.1) is 0 Å². The third-order valence-corrected chi connectivity index (χ3v) is 4.38. The first kappa shape index (κ1) is 19.4. The minimum absolute atomic E-state index is 0.224. The molecule has 0 aliphatic heterocycles. The van der Waals surface area contributed by atoms with Crippen LogP contribution in [0.25, 0.3) is 0 Å². The zero-order valence-corrected chi connectivity index (χ0v) is 17.3. The standard InChI is InChI=1S/C20H23IN2O2/c1-13-10-14(2)12-16(11-13)19(25)23(20(3,4)5)22-18(24)15-6-8-17(21)9-7-15/h6-12H,1-5H3,(H,22,24). The van der Waals surface area contributed by atoms with E-state index in [9.17, 15) is 9.59 Å². The number of benzene rings is 2. The number of nitrogens with one attached hydrogen (secondary N) is 1. The summed E-state index contributed by atoms with van der Waals surface area (Å²) in [5.41, 5.74) is 5.32. The fourth-order valence-corrected chi connectivity index (χ4v) is 2.88. The average Bonchev–Trinajstić information content (AvgIpc) is 2.50. The Hall–Kier alpha value is -1.89. The molecular formula is C20H23IN2O2. The lowest BCUT2D eigenvalue weighted by Crippen LogP contribution is -2.55. The Kier molecular flexibility index (Phi) is 5.87. The molecule has 4 nitrogen and oxygen atoms in total. The number of aryl methyl sites for hydroxylation is 2. The molecule has 25 heavy (non-hydrogen) atoms. The quantitative estimate of drug-likeness (QED) is 0.542. The van der Waals surface area contributed by atoms with E-state index < -0.39 is 5.54 Å². The van der Waals surface area contributed by atoms with Crippen LogP contribution < -0.4 is 5.43 Å². The summed E-state index contributed by atoms with van der Waals surface area (Å²) in [6.45, 7) is 9.58. The highest BCUT2D eigenvalue weighted by Gasteiger charge is 2.29. The van der Waals surface area contributed by atoms with Crippen LogP contribution in [0.2, 0.25) is 0 Å². The van der Waals surface area contributed by atoms with Crippen molar-refractivity contribution < 1.29 is 9.59 Å². The van der Waals surface area contributed by atoms with Crippen molar-refractivity contribution in [2.75, 3.05) is 0 Å². The maximum atomic E-state index is 13.0. The van der Waals surface area contributed by atoms with Crippen molar-refractivity contribution in [1.29, 1.82) is 0 Å². The van der Waals surface area contributed by atoms with Gasteiger partial charge >= 0.3 is 0 Å². The largest absolute Gasteiger partial charge is 0.272 e. The molecule has 0 saturated carbocycles. The Balaban J connectivity index is 2.31. The van der Waals surface area contributed by atoms with Gasteiger partial charge in [-0.05, 0) is 93.6 Å². The lowest BCUT2D eigenvalue weighted by molar-refractivity contribution is 0.0358. The number of halogens is 1. The molecule has 5 heteroatoms. The summed E-state index contributed by atoms with van der Waals surface area (Å²) in [6, 6.07) is 12.9. The average molecular weight is 450 g/mol. The lowest BCUT2D eigenvalue weighted by atomic mass is 10.0. The second-order valence-corrected chi connectivity index (χ2v) is 8.38. The van der Waals surface area contributed by atoms with Crippen LogP contribution in [0.3, 0.4) is 0 Å². The maximum Gasteiger partial charge on any atom is 0.272 e. The van der Waals surface area contributed by atoms with Crippen LogP contribution in [0.5, 0.6) is 0 Å². The molecule has 2 amide bonds.